The molecule has 0 amide bonds. The fraction of sp³-hybridized carbons (Fsp3) is 1.00. The van der Waals surface area contributed by atoms with Crippen molar-refractivity contribution in [1.29, 1.82) is 0 Å². The Hall–Kier alpha value is -0.400. The van der Waals surface area contributed by atoms with Gasteiger partial charge >= 0.3 is 0 Å². The number of methoxy groups -OCH3 is 1. The van der Waals surface area contributed by atoms with Crippen molar-refractivity contribution in [2.75, 3.05) is 20.3 Å². The minimum Gasteiger partial charge on any atom is -0.394 e. The molecule has 24 heavy (non-hydrogen) atoms. The highest BCUT2D eigenvalue weighted by Gasteiger charge is 2.49. The van der Waals surface area contributed by atoms with Crippen LogP contribution in [0.2, 0.25) is 0 Å². The number of aliphatic hydroxyl groups excluding tert-OH is 6. The molecule has 10 nitrogen and oxygen atoms in total. The van der Waals surface area contributed by atoms with Gasteiger partial charge in [-0.25, -0.2) is 0 Å². The zero-order valence-electron chi connectivity index (χ0n) is 13.5. The molecular weight excluding hydrogens is 328 g/mol. The average molecular weight is 354 g/mol. The first-order chi connectivity index (χ1) is 11.3. The largest absolute Gasteiger partial charge is 0.394 e. The summed E-state index contributed by atoms with van der Waals surface area (Å²) in [7, 11) is 1.27. The lowest BCUT2D eigenvalue weighted by Gasteiger charge is -2.46. The molecule has 2 heterocycles. The molecule has 10 atom stereocenters. The van der Waals surface area contributed by atoms with Crippen LogP contribution in [0.4, 0.5) is 0 Å². The monoisotopic (exact) mass is 354 g/mol. The van der Waals surface area contributed by atoms with Gasteiger partial charge in [-0.15, -0.1) is 0 Å². The van der Waals surface area contributed by atoms with E-state index in [2.05, 4.69) is 0 Å². The van der Waals surface area contributed by atoms with Gasteiger partial charge in [0.15, 0.2) is 12.6 Å². The third kappa shape index (κ3) is 3.73. The standard InChI is InChI=1S/C14H26O10/c1-5-6(3-15)22-14(10(19)8(5)17)24-12-7(4-16)23-13(21-2)11(20)9(12)18/h5-20H,3-4H2,1-2H3/t5-,6+,7+,8+,9-,10-,11+,12-,13-,14+/m0/s1. The van der Waals surface area contributed by atoms with Gasteiger partial charge < -0.3 is 49.6 Å². The van der Waals surface area contributed by atoms with Crippen LogP contribution >= 0.6 is 0 Å². The van der Waals surface area contributed by atoms with Gasteiger partial charge in [0.1, 0.15) is 30.5 Å². The highest BCUT2D eigenvalue weighted by atomic mass is 16.7. The molecule has 0 aromatic rings. The zero-order chi connectivity index (χ0) is 18.0. The molecule has 0 spiro atoms. The van der Waals surface area contributed by atoms with E-state index in [0.29, 0.717) is 0 Å². The molecule has 2 saturated heterocycles. The molecule has 10 heteroatoms. The van der Waals surface area contributed by atoms with E-state index in [9.17, 15) is 30.6 Å². The lowest BCUT2D eigenvalue weighted by atomic mass is 9.91. The van der Waals surface area contributed by atoms with Crippen LogP contribution in [0.15, 0.2) is 0 Å². The Morgan fingerprint density at radius 1 is 0.792 bits per heavy atom. The van der Waals surface area contributed by atoms with Crippen molar-refractivity contribution in [3.8, 4) is 0 Å². The quantitative estimate of drug-likeness (QED) is 0.293. The van der Waals surface area contributed by atoms with Crippen molar-refractivity contribution >= 4 is 0 Å². The molecule has 2 aliphatic heterocycles. The summed E-state index contributed by atoms with van der Waals surface area (Å²) >= 11 is 0. The highest BCUT2D eigenvalue weighted by Crippen LogP contribution is 2.31. The molecule has 0 radical (unpaired) electrons. The first-order valence-electron chi connectivity index (χ1n) is 7.78. The number of ether oxygens (including phenoxy) is 4. The molecule has 0 aromatic carbocycles. The van der Waals surface area contributed by atoms with E-state index < -0.39 is 74.4 Å². The molecule has 2 rings (SSSR count). The average Bonchev–Trinajstić information content (AvgIpc) is 2.59. The van der Waals surface area contributed by atoms with E-state index in [1.54, 1.807) is 6.92 Å². The minimum atomic E-state index is -1.49. The second-order valence-electron chi connectivity index (χ2n) is 6.11. The second-order valence-corrected chi connectivity index (χ2v) is 6.11. The van der Waals surface area contributed by atoms with Crippen molar-refractivity contribution in [2.45, 2.75) is 62.2 Å². The molecule has 0 unspecified atom stereocenters. The number of hydrogen-bond acceptors (Lipinski definition) is 10. The van der Waals surface area contributed by atoms with Crippen molar-refractivity contribution in [2.24, 2.45) is 5.92 Å². The summed E-state index contributed by atoms with van der Waals surface area (Å²) in [6, 6.07) is 0. The maximum atomic E-state index is 10.2. The predicted octanol–water partition coefficient (Wildman–Crippen LogP) is -3.47. The topological polar surface area (TPSA) is 158 Å². The predicted molar refractivity (Wildman–Crippen MR) is 76.6 cm³/mol. The Kier molecular flexibility index (Phi) is 6.90. The first-order valence-corrected chi connectivity index (χ1v) is 7.78. The van der Waals surface area contributed by atoms with Crippen LogP contribution in [0.3, 0.4) is 0 Å². The Morgan fingerprint density at radius 3 is 1.88 bits per heavy atom. The molecule has 0 bridgehead atoms. The molecule has 0 aliphatic carbocycles. The van der Waals surface area contributed by atoms with E-state index in [1.807, 2.05) is 0 Å². The fourth-order valence-electron chi connectivity index (χ4n) is 2.96. The van der Waals surface area contributed by atoms with Gasteiger partial charge in [-0.2, -0.15) is 0 Å². The highest BCUT2D eigenvalue weighted by molar-refractivity contribution is 4.93. The van der Waals surface area contributed by atoms with Crippen molar-refractivity contribution in [3.63, 3.8) is 0 Å². The summed E-state index contributed by atoms with van der Waals surface area (Å²) in [5.74, 6) is -0.533. The van der Waals surface area contributed by atoms with Crippen LogP contribution in [0, 0.1) is 5.92 Å². The first kappa shape index (κ1) is 19.9. The summed E-state index contributed by atoms with van der Waals surface area (Å²) in [6.45, 7) is 0.666. The van der Waals surface area contributed by atoms with Crippen LogP contribution in [-0.2, 0) is 18.9 Å². The van der Waals surface area contributed by atoms with Gasteiger partial charge in [0.05, 0.1) is 25.4 Å². The van der Waals surface area contributed by atoms with Gasteiger partial charge in [-0.3, -0.25) is 0 Å². The zero-order valence-corrected chi connectivity index (χ0v) is 13.5. The Morgan fingerprint density at radius 2 is 1.33 bits per heavy atom. The molecule has 2 fully saturated rings. The van der Waals surface area contributed by atoms with Crippen LogP contribution < -0.4 is 0 Å². The van der Waals surface area contributed by atoms with E-state index >= 15 is 0 Å². The van der Waals surface area contributed by atoms with Gasteiger partial charge in [0.25, 0.3) is 0 Å². The third-order valence-electron chi connectivity index (χ3n) is 4.59. The summed E-state index contributed by atoms with van der Waals surface area (Å²) in [6.07, 6.45) is -11.2. The van der Waals surface area contributed by atoms with Gasteiger partial charge in [0, 0.05) is 13.0 Å². The maximum Gasteiger partial charge on any atom is 0.187 e. The van der Waals surface area contributed by atoms with Crippen molar-refractivity contribution < 1.29 is 49.6 Å². The Bertz CT molecular complexity index is 392. The van der Waals surface area contributed by atoms with E-state index in [4.69, 9.17) is 18.9 Å². The Labute approximate surface area is 139 Å². The minimum absolute atomic E-state index is 0.396. The van der Waals surface area contributed by atoms with Gasteiger partial charge in [0.2, 0.25) is 0 Å². The van der Waals surface area contributed by atoms with Crippen molar-refractivity contribution in [3.05, 3.63) is 0 Å². The SMILES string of the molecule is CO[C@H]1O[C@H](CO)[C@H](O[C@H]2O[C@H](CO)[C@H](C)[C@@H](O)[C@@H]2O)[C@@H](O)[C@H]1O. The molecule has 2 aliphatic rings. The molecule has 142 valence electrons. The van der Waals surface area contributed by atoms with Crippen LogP contribution in [-0.4, -0.2) is 106 Å². The van der Waals surface area contributed by atoms with Gasteiger partial charge in [-0.05, 0) is 0 Å². The number of aliphatic hydroxyl groups is 6. The lowest BCUT2D eigenvalue weighted by molar-refractivity contribution is -0.353. The molecule has 6 N–H and O–H groups in total. The van der Waals surface area contributed by atoms with E-state index in [1.165, 1.54) is 7.11 Å². The van der Waals surface area contributed by atoms with Crippen molar-refractivity contribution in [1.82, 2.24) is 0 Å². The van der Waals surface area contributed by atoms with Crippen LogP contribution in [0.5, 0.6) is 0 Å². The van der Waals surface area contributed by atoms with E-state index in [0.717, 1.165) is 0 Å². The van der Waals surface area contributed by atoms with Crippen LogP contribution in [0.25, 0.3) is 0 Å². The fourth-order valence-corrected chi connectivity index (χ4v) is 2.96. The van der Waals surface area contributed by atoms with Gasteiger partial charge in [-0.1, -0.05) is 6.92 Å². The third-order valence-corrected chi connectivity index (χ3v) is 4.59. The number of rotatable bonds is 5. The molecular formula is C14H26O10. The normalized spacial score (nSPS) is 50.0. The smallest absolute Gasteiger partial charge is 0.187 e. The lowest BCUT2D eigenvalue weighted by Crippen LogP contribution is -2.63. The summed E-state index contributed by atoms with van der Waals surface area (Å²) in [4.78, 5) is 0. The van der Waals surface area contributed by atoms with E-state index in [-0.39, 0.29) is 0 Å². The summed E-state index contributed by atoms with van der Waals surface area (Å²) in [5.41, 5.74) is 0. The maximum absolute atomic E-state index is 10.2. The summed E-state index contributed by atoms with van der Waals surface area (Å²) < 4.78 is 21.1. The Balaban J connectivity index is 2.12. The molecule has 0 aromatic heterocycles. The molecule has 0 saturated carbocycles. The second kappa shape index (κ2) is 8.32. The summed E-state index contributed by atoms with van der Waals surface area (Å²) in [5, 5.41) is 59.0. The number of hydrogen-bond donors (Lipinski definition) is 6. The van der Waals surface area contributed by atoms with Crippen LogP contribution in [0.1, 0.15) is 6.92 Å².